The summed E-state index contributed by atoms with van der Waals surface area (Å²) in [4.78, 5) is 0. The zero-order chi connectivity index (χ0) is 18.9. The van der Waals surface area contributed by atoms with Gasteiger partial charge in [0.15, 0.2) is 0 Å². The third-order valence-electron chi connectivity index (χ3n) is 4.94. The van der Waals surface area contributed by atoms with E-state index < -0.39 is 8.32 Å². The minimum Gasteiger partial charge on any atom is -0.319 e. The van der Waals surface area contributed by atoms with Crippen LogP contribution in [0.3, 0.4) is 0 Å². The first kappa shape index (κ1) is 19.7. The van der Waals surface area contributed by atoms with E-state index in [0.29, 0.717) is 0 Å². The number of hydrogen-bond donors (Lipinski definition) is 0. The van der Waals surface area contributed by atoms with Crippen LogP contribution >= 0.6 is 0 Å². The van der Waals surface area contributed by atoms with Crippen LogP contribution in [-0.2, 0) is 4.53 Å². The lowest BCUT2D eigenvalue weighted by Crippen LogP contribution is -2.52. The van der Waals surface area contributed by atoms with Crippen molar-refractivity contribution in [3.05, 3.63) is 54.6 Å². The molecule has 0 fully saturated rings. The molecule has 0 aliphatic rings. The Labute approximate surface area is 154 Å². The van der Waals surface area contributed by atoms with Gasteiger partial charge in [0.2, 0.25) is 8.32 Å². The van der Waals surface area contributed by atoms with E-state index in [0.717, 1.165) is 5.69 Å². The fourth-order valence-corrected chi connectivity index (χ4v) is 3.47. The summed E-state index contributed by atoms with van der Waals surface area (Å²) in [6, 6.07) is 19.2. The summed E-state index contributed by atoms with van der Waals surface area (Å²) in [6.07, 6.45) is 0. The normalized spacial score (nSPS) is 13.0. The van der Waals surface area contributed by atoms with Gasteiger partial charge in [-0.05, 0) is 62.2 Å². The average Bonchev–Trinajstić information content (AvgIpc) is 2.52. The van der Waals surface area contributed by atoms with Crippen LogP contribution in [0.5, 0.6) is 0 Å². The number of hydrogen-bond acceptors (Lipinski definition) is 2. The SMILES string of the molecule is CC(C)(C)N(O[Si](C)(C)C(C)(C)C)c1ccc(-c2ccccc2)cc1. The second kappa shape index (κ2) is 6.97. The van der Waals surface area contributed by atoms with Crippen molar-refractivity contribution in [3.8, 4) is 11.1 Å². The number of hydroxylamine groups is 1. The second-order valence-electron chi connectivity index (χ2n) is 9.23. The first-order chi connectivity index (χ1) is 11.4. The molecule has 0 bridgehead atoms. The van der Waals surface area contributed by atoms with Crippen LogP contribution in [0.15, 0.2) is 54.6 Å². The Kier molecular flexibility index (Phi) is 5.50. The summed E-state index contributed by atoms with van der Waals surface area (Å²) >= 11 is 0. The summed E-state index contributed by atoms with van der Waals surface area (Å²) in [7, 11) is -1.91. The van der Waals surface area contributed by atoms with Gasteiger partial charge in [0.25, 0.3) is 0 Å². The Balaban J connectivity index is 2.33. The largest absolute Gasteiger partial charge is 0.319 e. The molecular formula is C22H33NOSi. The predicted octanol–water partition coefficient (Wildman–Crippen LogP) is 6.90. The lowest BCUT2D eigenvalue weighted by atomic mass is 10.0. The van der Waals surface area contributed by atoms with Crippen molar-refractivity contribution >= 4 is 14.0 Å². The van der Waals surface area contributed by atoms with E-state index >= 15 is 0 Å². The number of benzene rings is 2. The fraction of sp³-hybridized carbons (Fsp3) is 0.455. The molecule has 136 valence electrons. The molecule has 2 aromatic rings. The summed E-state index contributed by atoms with van der Waals surface area (Å²) in [5, 5.41) is 2.28. The van der Waals surface area contributed by atoms with Crippen LogP contribution in [0.4, 0.5) is 5.69 Å². The van der Waals surface area contributed by atoms with Crippen LogP contribution in [0.1, 0.15) is 41.5 Å². The van der Waals surface area contributed by atoms with E-state index in [4.69, 9.17) is 4.53 Å². The molecule has 2 nitrogen and oxygen atoms in total. The highest BCUT2D eigenvalue weighted by Crippen LogP contribution is 2.39. The van der Waals surface area contributed by atoms with E-state index in [-0.39, 0.29) is 10.6 Å². The van der Waals surface area contributed by atoms with Crippen molar-refractivity contribution in [2.45, 2.75) is 65.2 Å². The maximum Gasteiger partial charge on any atom is 0.228 e. The van der Waals surface area contributed by atoms with E-state index in [9.17, 15) is 0 Å². The van der Waals surface area contributed by atoms with E-state index in [1.807, 2.05) is 6.07 Å². The standard InChI is InChI=1S/C22H33NOSi/c1-21(2,3)23(24-25(7,8)22(4,5)6)20-16-14-19(15-17-20)18-12-10-9-11-13-18/h9-17H,1-8H3. The first-order valence-corrected chi connectivity index (χ1v) is 12.0. The van der Waals surface area contributed by atoms with Crippen LogP contribution < -0.4 is 5.06 Å². The van der Waals surface area contributed by atoms with Gasteiger partial charge in [-0.1, -0.05) is 63.2 Å². The Morgan fingerprint density at radius 2 is 1.20 bits per heavy atom. The first-order valence-electron chi connectivity index (χ1n) is 9.07. The van der Waals surface area contributed by atoms with Gasteiger partial charge in [-0.15, -0.1) is 0 Å². The second-order valence-corrected chi connectivity index (χ2v) is 13.9. The van der Waals surface area contributed by atoms with Crippen molar-refractivity contribution in [3.63, 3.8) is 0 Å². The number of nitrogens with zero attached hydrogens (tertiary/aromatic N) is 1. The average molecular weight is 356 g/mol. The van der Waals surface area contributed by atoms with Gasteiger partial charge >= 0.3 is 0 Å². The fourth-order valence-electron chi connectivity index (χ4n) is 2.36. The minimum atomic E-state index is -1.91. The molecule has 3 heteroatoms. The Bertz CT molecular complexity index is 679. The zero-order valence-corrected chi connectivity index (χ0v) is 18.1. The van der Waals surface area contributed by atoms with Crippen LogP contribution in [0.25, 0.3) is 11.1 Å². The third-order valence-corrected chi connectivity index (χ3v) is 9.20. The Morgan fingerprint density at radius 1 is 0.720 bits per heavy atom. The molecule has 0 N–H and O–H groups in total. The number of rotatable bonds is 4. The summed E-state index contributed by atoms with van der Waals surface area (Å²) in [6.45, 7) is 18.0. The van der Waals surface area contributed by atoms with E-state index in [1.165, 1.54) is 11.1 Å². The van der Waals surface area contributed by atoms with Gasteiger partial charge in [-0.3, -0.25) is 5.06 Å². The topological polar surface area (TPSA) is 12.5 Å². The quantitative estimate of drug-likeness (QED) is 0.437. The van der Waals surface area contributed by atoms with Crippen LogP contribution in [0.2, 0.25) is 18.1 Å². The Hall–Kier alpha value is -1.58. The molecule has 0 aliphatic carbocycles. The van der Waals surface area contributed by atoms with E-state index in [1.54, 1.807) is 0 Å². The zero-order valence-electron chi connectivity index (χ0n) is 17.1. The van der Waals surface area contributed by atoms with Crippen molar-refractivity contribution < 1.29 is 4.53 Å². The summed E-state index contributed by atoms with van der Waals surface area (Å²) < 4.78 is 6.67. The molecule has 25 heavy (non-hydrogen) atoms. The molecule has 0 saturated heterocycles. The van der Waals surface area contributed by atoms with Gasteiger partial charge in [0.1, 0.15) is 0 Å². The lowest BCUT2D eigenvalue weighted by molar-refractivity contribution is 0.185. The molecule has 0 amide bonds. The highest BCUT2D eigenvalue weighted by Gasteiger charge is 2.41. The molecule has 0 atom stereocenters. The molecule has 0 aromatic heterocycles. The van der Waals surface area contributed by atoms with Gasteiger partial charge in [0.05, 0.1) is 11.2 Å². The highest BCUT2D eigenvalue weighted by atomic mass is 28.4. The lowest BCUT2D eigenvalue weighted by Gasteiger charge is -2.45. The Morgan fingerprint density at radius 3 is 1.64 bits per heavy atom. The van der Waals surface area contributed by atoms with Gasteiger partial charge in [-0.2, -0.15) is 0 Å². The summed E-state index contributed by atoms with van der Waals surface area (Å²) in [5.41, 5.74) is 3.47. The van der Waals surface area contributed by atoms with E-state index in [2.05, 4.69) is 108 Å². The van der Waals surface area contributed by atoms with Crippen molar-refractivity contribution in [2.24, 2.45) is 0 Å². The van der Waals surface area contributed by atoms with Crippen molar-refractivity contribution in [1.29, 1.82) is 0 Å². The van der Waals surface area contributed by atoms with Crippen LogP contribution in [-0.4, -0.2) is 13.9 Å². The predicted molar refractivity (Wildman–Crippen MR) is 112 cm³/mol. The molecule has 0 aliphatic heterocycles. The van der Waals surface area contributed by atoms with Crippen LogP contribution in [0, 0.1) is 0 Å². The minimum absolute atomic E-state index is 0.107. The van der Waals surface area contributed by atoms with Gasteiger partial charge < -0.3 is 4.53 Å². The molecule has 0 unspecified atom stereocenters. The number of anilines is 1. The van der Waals surface area contributed by atoms with Crippen molar-refractivity contribution in [2.75, 3.05) is 5.06 Å². The highest BCUT2D eigenvalue weighted by molar-refractivity contribution is 6.74. The van der Waals surface area contributed by atoms with Gasteiger partial charge in [0, 0.05) is 0 Å². The summed E-state index contributed by atoms with van der Waals surface area (Å²) in [5.74, 6) is 0. The molecule has 0 saturated carbocycles. The maximum atomic E-state index is 6.67. The maximum absolute atomic E-state index is 6.67. The van der Waals surface area contributed by atoms with Gasteiger partial charge in [-0.25, -0.2) is 0 Å². The molecule has 2 rings (SSSR count). The third kappa shape index (κ3) is 4.74. The molecule has 2 aromatic carbocycles. The molecular weight excluding hydrogens is 322 g/mol. The smallest absolute Gasteiger partial charge is 0.228 e. The molecule has 0 heterocycles. The monoisotopic (exact) mass is 355 g/mol. The molecule has 0 spiro atoms. The van der Waals surface area contributed by atoms with Crippen molar-refractivity contribution in [1.82, 2.24) is 0 Å². The molecule has 0 radical (unpaired) electrons.